The minimum atomic E-state index is -0.487. The summed E-state index contributed by atoms with van der Waals surface area (Å²) in [6, 6.07) is 11.8. The summed E-state index contributed by atoms with van der Waals surface area (Å²) >= 11 is 1.57. The molecule has 0 spiro atoms. The van der Waals surface area contributed by atoms with Crippen molar-refractivity contribution in [2.24, 2.45) is 0 Å². The van der Waals surface area contributed by atoms with E-state index >= 15 is 0 Å². The van der Waals surface area contributed by atoms with Crippen LogP contribution in [0.1, 0.15) is 21.6 Å². The van der Waals surface area contributed by atoms with Gasteiger partial charge < -0.3 is 5.32 Å². The number of rotatable bonds is 4. The number of nitrogens with one attached hydrogen (secondary N) is 1. The Hall–Kier alpha value is -3.52. The largest absolute Gasteiger partial charge is 0.322 e. The third-order valence-corrected chi connectivity index (χ3v) is 5.43. The van der Waals surface area contributed by atoms with Crippen LogP contribution in [0.2, 0.25) is 0 Å². The van der Waals surface area contributed by atoms with Gasteiger partial charge in [0.15, 0.2) is 4.96 Å². The Morgan fingerprint density at radius 2 is 2.04 bits per heavy atom. The summed E-state index contributed by atoms with van der Waals surface area (Å²) in [7, 11) is 0. The fourth-order valence-electron chi connectivity index (χ4n) is 2.94. The molecule has 4 aromatic rings. The lowest BCUT2D eigenvalue weighted by Gasteiger charge is -2.07. The van der Waals surface area contributed by atoms with Crippen LogP contribution in [0.15, 0.2) is 54.0 Å². The lowest BCUT2D eigenvalue weighted by atomic mass is 10.1. The number of nitro benzene ring substituents is 1. The van der Waals surface area contributed by atoms with Crippen molar-refractivity contribution >= 4 is 33.6 Å². The van der Waals surface area contributed by atoms with Gasteiger partial charge in [0.2, 0.25) is 0 Å². The Labute approximate surface area is 164 Å². The number of carbonyl (C=O) groups excluding carboxylic acids is 1. The number of imidazole rings is 1. The number of carbonyl (C=O) groups is 1. The molecular formula is C20H16N4O3S. The first-order valence-electron chi connectivity index (χ1n) is 8.52. The molecule has 8 heteroatoms. The molecule has 0 unspecified atom stereocenters. The molecule has 0 aliphatic rings. The van der Waals surface area contributed by atoms with E-state index in [1.807, 2.05) is 41.1 Å². The van der Waals surface area contributed by atoms with E-state index < -0.39 is 10.8 Å². The Morgan fingerprint density at radius 1 is 1.21 bits per heavy atom. The minimum absolute atomic E-state index is 0.0742. The number of benzene rings is 2. The van der Waals surface area contributed by atoms with E-state index in [9.17, 15) is 14.9 Å². The molecule has 0 atom stereocenters. The second-order valence-corrected chi connectivity index (χ2v) is 7.29. The monoisotopic (exact) mass is 392 g/mol. The lowest BCUT2D eigenvalue weighted by molar-refractivity contribution is -0.385. The van der Waals surface area contributed by atoms with E-state index in [0.29, 0.717) is 11.3 Å². The molecule has 0 fully saturated rings. The fourth-order valence-corrected chi connectivity index (χ4v) is 3.79. The van der Waals surface area contributed by atoms with Crippen LogP contribution in [-0.4, -0.2) is 20.2 Å². The molecule has 28 heavy (non-hydrogen) atoms. The zero-order chi connectivity index (χ0) is 19.8. The van der Waals surface area contributed by atoms with E-state index in [1.54, 1.807) is 36.5 Å². The molecule has 4 rings (SSSR count). The molecule has 0 aliphatic carbocycles. The highest BCUT2D eigenvalue weighted by Gasteiger charge is 2.15. The maximum atomic E-state index is 12.5. The van der Waals surface area contributed by atoms with Gasteiger partial charge >= 0.3 is 0 Å². The Balaban J connectivity index is 1.60. The first kappa shape index (κ1) is 17.9. The summed E-state index contributed by atoms with van der Waals surface area (Å²) in [4.78, 5) is 28.7. The number of aryl methyl sites for hydroxylation is 2. The van der Waals surface area contributed by atoms with Gasteiger partial charge in [0.25, 0.3) is 11.6 Å². The first-order chi connectivity index (χ1) is 13.4. The maximum Gasteiger partial charge on any atom is 0.273 e. The summed E-state index contributed by atoms with van der Waals surface area (Å²) in [6.07, 6.45) is 1.96. The van der Waals surface area contributed by atoms with Crippen LogP contribution in [0.3, 0.4) is 0 Å². The summed E-state index contributed by atoms with van der Waals surface area (Å²) in [5.74, 6) is -0.401. The van der Waals surface area contributed by atoms with Crippen LogP contribution in [0, 0.1) is 24.0 Å². The summed E-state index contributed by atoms with van der Waals surface area (Å²) < 4.78 is 2.02. The van der Waals surface area contributed by atoms with E-state index in [1.165, 1.54) is 6.07 Å². The molecule has 1 amide bonds. The summed E-state index contributed by atoms with van der Waals surface area (Å²) in [6.45, 7) is 3.66. The zero-order valence-electron chi connectivity index (χ0n) is 15.2. The van der Waals surface area contributed by atoms with Crippen molar-refractivity contribution < 1.29 is 9.72 Å². The van der Waals surface area contributed by atoms with Crippen molar-refractivity contribution in [2.45, 2.75) is 13.8 Å². The molecule has 7 nitrogen and oxygen atoms in total. The number of hydrogen-bond donors (Lipinski definition) is 1. The van der Waals surface area contributed by atoms with Crippen LogP contribution < -0.4 is 5.32 Å². The van der Waals surface area contributed by atoms with Gasteiger partial charge in [-0.3, -0.25) is 19.3 Å². The smallest absolute Gasteiger partial charge is 0.273 e. The van der Waals surface area contributed by atoms with Crippen molar-refractivity contribution in [2.75, 3.05) is 5.32 Å². The van der Waals surface area contributed by atoms with Gasteiger partial charge in [0, 0.05) is 45.7 Å². The number of nitrogens with zero attached hydrogens (tertiary/aromatic N) is 3. The first-order valence-corrected chi connectivity index (χ1v) is 9.40. The Morgan fingerprint density at radius 3 is 2.79 bits per heavy atom. The number of aromatic nitrogens is 2. The summed E-state index contributed by atoms with van der Waals surface area (Å²) in [5.41, 5.74) is 4.08. The number of nitro groups is 1. The number of thiazole rings is 1. The molecule has 0 saturated heterocycles. The molecule has 0 bridgehead atoms. The van der Waals surface area contributed by atoms with Gasteiger partial charge in [-0.2, -0.15) is 0 Å². The number of fused-ring (bicyclic) bond motifs is 1. The predicted octanol–water partition coefficient (Wildman–Crippen LogP) is 4.84. The predicted molar refractivity (Wildman–Crippen MR) is 109 cm³/mol. The molecular weight excluding hydrogens is 376 g/mol. The van der Waals surface area contributed by atoms with E-state index in [2.05, 4.69) is 10.3 Å². The average Bonchev–Trinajstić information content (AvgIpc) is 3.24. The molecule has 2 aromatic heterocycles. The molecule has 0 radical (unpaired) electrons. The van der Waals surface area contributed by atoms with Gasteiger partial charge in [-0.25, -0.2) is 4.98 Å². The fraction of sp³-hybridized carbons (Fsp3) is 0.100. The molecule has 140 valence electrons. The van der Waals surface area contributed by atoms with Crippen LogP contribution in [0.25, 0.3) is 16.2 Å². The average molecular weight is 392 g/mol. The SMILES string of the molecule is Cc1ccc(C(=O)Nc2cccc(-c3cn4c(C)csc4n3)c2)cc1[N+](=O)[O-]. The van der Waals surface area contributed by atoms with Crippen molar-refractivity contribution in [3.05, 3.63) is 81.0 Å². The van der Waals surface area contributed by atoms with Crippen molar-refractivity contribution in [1.82, 2.24) is 9.38 Å². The molecule has 2 heterocycles. The van der Waals surface area contributed by atoms with Crippen LogP contribution >= 0.6 is 11.3 Å². The van der Waals surface area contributed by atoms with Crippen LogP contribution in [0.4, 0.5) is 11.4 Å². The number of hydrogen-bond acceptors (Lipinski definition) is 5. The van der Waals surface area contributed by atoms with Crippen LogP contribution in [-0.2, 0) is 0 Å². The lowest BCUT2D eigenvalue weighted by Crippen LogP contribution is -2.12. The van der Waals surface area contributed by atoms with Gasteiger partial charge in [0.05, 0.1) is 10.6 Å². The van der Waals surface area contributed by atoms with Gasteiger partial charge in [-0.15, -0.1) is 11.3 Å². The Bertz CT molecular complexity index is 1230. The topological polar surface area (TPSA) is 89.5 Å². The zero-order valence-corrected chi connectivity index (χ0v) is 16.0. The van der Waals surface area contributed by atoms with E-state index in [-0.39, 0.29) is 11.3 Å². The molecule has 0 aliphatic heterocycles. The van der Waals surface area contributed by atoms with Crippen molar-refractivity contribution in [3.8, 4) is 11.3 Å². The highest BCUT2D eigenvalue weighted by atomic mass is 32.1. The standard InChI is InChI=1S/C20H16N4O3S/c1-12-6-7-15(9-18(12)24(26)27)19(25)21-16-5-3-4-14(8-16)17-10-23-13(2)11-28-20(23)22-17/h3-11H,1-2H3,(H,21,25). The third kappa shape index (κ3) is 3.25. The van der Waals surface area contributed by atoms with Crippen LogP contribution in [0.5, 0.6) is 0 Å². The second-order valence-electron chi connectivity index (χ2n) is 6.45. The summed E-state index contributed by atoms with van der Waals surface area (Å²) in [5, 5.41) is 15.9. The molecule has 0 saturated carbocycles. The second kappa shape index (κ2) is 6.90. The third-order valence-electron chi connectivity index (χ3n) is 4.47. The van der Waals surface area contributed by atoms with E-state index in [0.717, 1.165) is 21.9 Å². The highest BCUT2D eigenvalue weighted by Crippen LogP contribution is 2.26. The van der Waals surface area contributed by atoms with Crippen molar-refractivity contribution in [1.29, 1.82) is 0 Å². The molecule has 1 N–H and O–H groups in total. The maximum absolute atomic E-state index is 12.5. The minimum Gasteiger partial charge on any atom is -0.322 e. The van der Waals surface area contributed by atoms with Crippen molar-refractivity contribution in [3.63, 3.8) is 0 Å². The van der Waals surface area contributed by atoms with E-state index in [4.69, 9.17) is 0 Å². The molecule has 2 aromatic carbocycles. The number of amides is 1. The van der Waals surface area contributed by atoms with Gasteiger partial charge in [0.1, 0.15) is 0 Å². The quantitative estimate of drug-likeness (QED) is 0.397. The van der Waals surface area contributed by atoms with Gasteiger partial charge in [-0.1, -0.05) is 18.2 Å². The Kier molecular flexibility index (Phi) is 4.40. The highest BCUT2D eigenvalue weighted by molar-refractivity contribution is 7.15. The number of anilines is 1. The van der Waals surface area contributed by atoms with Gasteiger partial charge in [-0.05, 0) is 32.0 Å². The normalized spacial score (nSPS) is 10.9.